The van der Waals surface area contributed by atoms with Crippen molar-refractivity contribution >= 4 is 18.2 Å². The van der Waals surface area contributed by atoms with Crippen molar-refractivity contribution in [3.8, 4) is 0 Å². The summed E-state index contributed by atoms with van der Waals surface area (Å²) in [6, 6.07) is -0.0179. The Morgan fingerprint density at radius 3 is 3.36 bits per heavy atom. The third kappa shape index (κ3) is 1.38. The molecule has 2 heterocycles. The van der Waals surface area contributed by atoms with Crippen LogP contribution in [0.2, 0.25) is 0 Å². The lowest BCUT2D eigenvalue weighted by molar-refractivity contribution is -0.109. The van der Waals surface area contributed by atoms with E-state index in [1.54, 1.807) is 6.21 Å². The molecular formula is C11H10N2O. The Hall–Kier alpha value is -1.73. The minimum Gasteiger partial charge on any atom is -0.288 e. The Balaban J connectivity index is 2.27. The summed E-state index contributed by atoms with van der Waals surface area (Å²) in [6.45, 7) is 3.49. The molecule has 2 rings (SSSR count). The second-order valence-electron chi connectivity index (χ2n) is 3.18. The van der Waals surface area contributed by atoms with Gasteiger partial charge < -0.3 is 0 Å². The highest BCUT2D eigenvalue weighted by Crippen LogP contribution is 2.26. The Morgan fingerprint density at radius 1 is 1.71 bits per heavy atom. The van der Waals surface area contributed by atoms with Crippen LogP contribution in [-0.2, 0) is 4.79 Å². The van der Waals surface area contributed by atoms with Crippen molar-refractivity contribution < 1.29 is 4.79 Å². The van der Waals surface area contributed by atoms with Crippen LogP contribution in [0.3, 0.4) is 0 Å². The Bertz CT molecular complexity index is 409. The number of carbonyl (C=O) groups excluding carboxylic acids is 1. The lowest BCUT2D eigenvalue weighted by atomic mass is 9.99. The topological polar surface area (TPSA) is 41.8 Å². The first-order chi connectivity index (χ1) is 6.83. The first kappa shape index (κ1) is 8.85. The molecular weight excluding hydrogens is 176 g/mol. The smallest absolute Gasteiger partial charge is 0.201 e. The van der Waals surface area contributed by atoms with E-state index in [-0.39, 0.29) is 11.8 Å². The fourth-order valence-electron chi connectivity index (χ4n) is 1.61. The molecule has 0 spiro atoms. The van der Waals surface area contributed by atoms with E-state index in [0.717, 1.165) is 11.3 Å². The van der Waals surface area contributed by atoms with Gasteiger partial charge in [0.25, 0.3) is 0 Å². The number of ketones is 1. The predicted molar refractivity (Wildman–Crippen MR) is 55.7 cm³/mol. The number of rotatable bonds is 2. The average Bonchev–Trinajstić information content (AvgIpc) is 2.66. The van der Waals surface area contributed by atoms with Crippen molar-refractivity contribution in [1.82, 2.24) is 0 Å². The molecule has 2 aliphatic heterocycles. The molecule has 0 N–H and O–H groups in total. The molecule has 0 fully saturated rings. The van der Waals surface area contributed by atoms with E-state index in [9.17, 15) is 4.79 Å². The Labute approximate surface area is 82.3 Å². The van der Waals surface area contributed by atoms with Gasteiger partial charge in [-0.2, -0.15) is 0 Å². The standard InChI is InChI=1S/C11H10N2O/c1-2-3-4-9-11-8(5-6-12-11)10(14)7-13-9/h3,6-7,9H,1,4-5H2. The lowest BCUT2D eigenvalue weighted by Crippen LogP contribution is -2.18. The van der Waals surface area contributed by atoms with E-state index in [2.05, 4.69) is 22.3 Å². The Morgan fingerprint density at radius 2 is 2.57 bits per heavy atom. The van der Waals surface area contributed by atoms with E-state index in [4.69, 9.17) is 0 Å². The van der Waals surface area contributed by atoms with Crippen LogP contribution < -0.4 is 0 Å². The molecule has 0 aromatic carbocycles. The number of Topliss-reactive ketones (excluding diaryl/α,β-unsaturated/α-hetero) is 1. The number of hydrogen-bond donors (Lipinski definition) is 0. The largest absolute Gasteiger partial charge is 0.288 e. The molecule has 0 saturated carbocycles. The fraction of sp³-hybridized carbons (Fsp3) is 0.273. The highest BCUT2D eigenvalue weighted by atomic mass is 16.1. The Kier molecular flexibility index (Phi) is 2.25. The van der Waals surface area contributed by atoms with Gasteiger partial charge in [-0.1, -0.05) is 6.58 Å². The van der Waals surface area contributed by atoms with Gasteiger partial charge in [-0.3, -0.25) is 14.8 Å². The molecule has 1 unspecified atom stereocenters. The number of allylic oxidation sites excluding steroid dienone is 1. The van der Waals surface area contributed by atoms with Crippen molar-refractivity contribution in [2.24, 2.45) is 9.98 Å². The number of nitrogens with zero attached hydrogens (tertiary/aromatic N) is 2. The van der Waals surface area contributed by atoms with Gasteiger partial charge in [0.1, 0.15) is 0 Å². The predicted octanol–water partition coefficient (Wildman–Crippen LogP) is 1.47. The molecule has 3 heteroatoms. The van der Waals surface area contributed by atoms with Gasteiger partial charge in [-0.25, -0.2) is 0 Å². The maximum Gasteiger partial charge on any atom is 0.201 e. The molecule has 70 valence electrons. The SMILES string of the molecule is C=C=CCC1N=CC(=O)C2=C1N=CC2. The van der Waals surface area contributed by atoms with E-state index in [1.165, 1.54) is 6.21 Å². The normalized spacial score (nSPS) is 23.7. The molecule has 0 aromatic heterocycles. The average molecular weight is 186 g/mol. The second-order valence-corrected chi connectivity index (χ2v) is 3.18. The van der Waals surface area contributed by atoms with Crippen molar-refractivity contribution in [3.05, 3.63) is 29.7 Å². The third-order valence-corrected chi connectivity index (χ3v) is 2.31. The second kappa shape index (κ2) is 3.56. The van der Waals surface area contributed by atoms with Gasteiger partial charge in [0.2, 0.25) is 5.78 Å². The van der Waals surface area contributed by atoms with Crippen LogP contribution in [0.5, 0.6) is 0 Å². The van der Waals surface area contributed by atoms with Crippen LogP contribution in [0.15, 0.2) is 39.6 Å². The maximum atomic E-state index is 11.4. The summed E-state index contributed by atoms with van der Waals surface area (Å²) in [5, 5.41) is 0. The molecule has 0 aliphatic carbocycles. The zero-order valence-corrected chi connectivity index (χ0v) is 7.73. The van der Waals surface area contributed by atoms with Gasteiger partial charge in [-0.15, -0.1) is 5.73 Å². The molecule has 1 atom stereocenters. The zero-order chi connectivity index (χ0) is 9.97. The van der Waals surface area contributed by atoms with Gasteiger partial charge in [-0.05, 0) is 6.08 Å². The number of carbonyl (C=O) groups is 1. The summed E-state index contributed by atoms with van der Waals surface area (Å²) in [6.07, 6.45) is 6.34. The van der Waals surface area contributed by atoms with Crippen LogP contribution >= 0.6 is 0 Å². The van der Waals surface area contributed by atoms with E-state index in [0.29, 0.717) is 12.8 Å². The summed E-state index contributed by atoms with van der Waals surface area (Å²) < 4.78 is 0. The summed E-state index contributed by atoms with van der Waals surface area (Å²) >= 11 is 0. The number of aliphatic imine (C=N–C) groups is 2. The molecule has 14 heavy (non-hydrogen) atoms. The van der Waals surface area contributed by atoms with E-state index >= 15 is 0 Å². The summed E-state index contributed by atoms with van der Waals surface area (Å²) in [5.74, 6) is -0.00340. The zero-order valence-electron chi connectivity index (χ0n) is 7.73. The van der Waals surface area contributed by atoms with Crippen LogP contribution in [0.25, 0.3) is 0 Å². The summed E-state index contributed by atoms with van der Waals surface area (Å²) in [4.78, 5) is 19.7. The molecule has 0 saturated heterocycles. The fourth-order valence-corrected chi connectivity index (χ4v) is 1.61. The van der Waals surface area contributed by atoms with Crippen molar-refractivity contribution in [1.29, 1.82) is 0 Å². The van der Waals surface area contributed by atoms with Crippen LogP contribution in [0.1, 0.15) is 12.8 Å². The van der Waals surface area contributed by atoms with Gasteiger partial charge in [0.15, 0.2) is 0 Å². The third-order valence-electron chi connectivity index (χ3n) is 2.31. The minimum atomic E-state index is -0.0179. The minimum absolute atomic E-state index is 0.00340. The highest BCUT2D eigenvalue weighted by Gasteiger charge is 2.26. The number of hydrogen-bond acceptors (Lipinski definition) is 3. The lowest BCUT2D eigenvalue weighted by Gasteiger charge is -2.14. The first-order valence-corrected chi connectivity index (χ1v) is 4.50. The highest BCUT2D eigenvalue weighted by molar-refractivity contribution is 6.37. The maximum absolute atomic E-state index is 11.4. The van der Waals surface area contributed by atoms with Gasteiger partial charge >= 0.3 is 0 Å². The van der Waals surface area contributed by atoms with Crippen molar-refractivity contribution in [2.45, 2.75) is 18.9 Å². The molecule has 0 radical (unpaired) electrons. The summed E-state index contributed by atoms with van der Waals surface area (Å²) in [7, 11) is 0. The summed E-state index contributed by atoms with van der Waals surface area (Å²) in [5.41, 5.74) is 4.31. The molecule has 0 bridgehead atoms. The molecule has 0 amide bonds. The number of dihydropyridines is 1. The monoisotopic (exact) mass is 186 g/mol. The quantitative estimate of drug-likeness (QED) is 0.602. The van der Waals surface area contributed by atoms with Crippen LogP contribution in [0.4, 0.5) is 0 Å². The van der Waals surface area contributed by atoms with Crippen molar-refractivity contribution in [2.75, 3.05) is 0 Å². The van der Waals surface area contributed by atoms with Crippen LogP contribution in [-0.4, -0.2) is 24.3 Å². The molecule has 3 nitrogen and oxygen atoms in total. The van der Waals surface area contributed by atoms with Gasteiger partial charge in [0.05, 0.1) is 18.0 Å². The van der Waals surface area contributed by atoms with Crippen LogP contribution in [0, 0.1) is 0 Å². The van der Waals surface area contributed by atoms with E-state index in [1.807, 2.05) is 6.08 Å². The van der Waals surface area contributed by atoms with Crippen molar-refractivity contribution in [3.63, 3.8) is 0 Å². The van der Waals surface area contributed by atoms with E-state index < -0.39 is 0 Å². The first-order valence-electron chi connectivity index (χ1n) is 4.50. The molecule has 0 aromatic rings. The van der Waals surface area contributed by atoms with Gasteiger partial charge in [0, 0.05) is 24.6 Å². The molecule has 2 aliphatic rings.